The largest absolute Gasteiger partial charge is 0.453 e. The maximum Gasteiger partial charge on any atom is 0.407 e. The van der Waals surface area contributed by atoms with E-state index < -0.39 is 12.1 Å². The standard InChI is InChI=1S/C18H24N4O3/c1-10(2)16(20-18(24)25-5)17(23)19-15-9-14(21-22-15)13-7-11(3)6-12(4)8-13/h6-10,16H,1-5H3,(H,20,24)(H2,19,21,22,23)/t16-/m1/s1. The molecule has 0 spiro atoms. The first-order valence-corrected chi connectivity index (χ1v) is 8.09. The lowest BCUT2D eigenvalue weighted by Gasteiger charge is -2.20. The lowest BCUT2D eigenvalue weighted by Crippen LogP contribution is -2.47. The smallest absolute Gasteiger partial charge is 0.407 e. The summed E-state index contributed by atoms with van der Waals surface area (Å²) in [6.45, 7) is 7.74. The number of methoxy groups -OCH3 is 1. The van der Waals surface area contributed by atoms with Crippen LogP contribution in [-0.4, -0.2) is 35.3 Å². The zero-order chi connectivity index (χ0) is 18.6. The van der Waals surface area contributed by atoms with Gasteiger partial charge in [-0.1, -0.05) is 31.0 Å². The highest BCUT2D eigenvalue weighted by atomic mass is 16.5. The summed E-state index contributed by atoms with van der Waals surface area (Å²) in [6.07, 6.45) is -0.646. The van der Waals surface area contributed by atoms with E-state index in [1.165, 1.54) is 7.11 Å². The lowest BCUT2D eigenvalue weighted by atomic mass is 10.0. The van der Waals surface area contributed by atoms with Crippen LogP contribution in [0.1, 0.15) is 25.0 Å². The maximum absolute atomic E-state index is 12.4. The van der Waals surface area contributed by atoms with Crippen molar-refractivity contribution in [3.05, 3.63) is 35.4 Å². The first kappa shape index (κ1) is 18.5. The van der Waals surface area contributed by atoms with Gasteiger partial charge in [0.1, 0.15) is 6.04 Å². The van der Waals surface area contributed by atoms with Gasteiger partial charge in [-0.25, -0.2) is 4.79 Å². The van der Waals surface area contributed by atoms with Gasteiger partial charge < -0.3 is 15.4 Å². The summed E-state index contributed by atoms with van der Waals surface area (Å²) >= 11 is 0. The number of anilines is 1. The van der Waals surface area contributed by atoms with Gasteiger partial charge in [-0.3, -0.25) is 9.89 Å². The number of aromatic amines is 1. The van der Waals surface area contributed by atoms with Crippen molar-refractivity contribution in [3.63, 3.8) is 0 Å². The van der Waals surface area contributed by atoms with Crippen LogP contribution in [-0.2, 0) is 9.53 Å². The molecule has 2 rings (SSSR count). The normalized spacial score (nSPS) is 11.9. The van der Waals surface area contributed by atoms with Gasteiger partial charge in [0.2, 0.25) is 5.91 Å². The molecule has 0 bridgehead atoms. The number of hydrogen-bond donors (Lipinski definition) is 3. The molecule has 1 aromatic carbocycles. The minimum absolute atomic E-state index is 0.100. The summed E-state index contributed by atoms with van der Waals surface area (Å²) in [5.74, 6) is -0.0488. The van der Waals surface area contributed by atoms with Crippen LogP contribution in [0.2, 0.25) is 0 Å². The first-order valence-electron chi connectivity index (χ1n) is 8.09. The number of hydrogen-bond acceptors (Lipinski definition) is 4. The number of aromatic nitrogens is 2. The van der Waals surface area contributed by atoms with Crippen LogP contribution in [0.3, 0.4) is 0 Å². The van der Waals surface area contributed by atoms with Crippen molar-refractivity contribution < 1.29 is 14.3 Å². The Bertz CT molecular complexity index is 747. The van der Waals surface area contributed by atoms with Gasteiger partial charge in [0, 0.05) is 11.6 Å². The van der Waals surface area contributed by atoms with Crippen molar-refractivity contribution >= 4 is 17.8 Å². The molecule has 1 atom stereocenters. The van der Waals surface area contributed by atoms with Gasteiger partial charge in [0.25, 0.3) is 0 Å². The number of carbonyl (C=O) groups is 2. The number of nitrogens with zero attached hydrogens (tertiary/aromatic N) is 1. The fourth-order valence-corrected chi connectivity index (χ4v) is 2.59. The number of nitrogens with one attached hydrogen (secondary N) is 3. The highest BCUT2D eigenvalue weighted by Crippen LogP contribution is 2.22. The fraction of sp³-hybridized carbons (Fsp3) is 0.389. The fourth-order valence-electron chi connectivity index (χ4n) is 2.59. The Kier molecular flexibility index (Phi) is 5.80. The summed E-state index contributed by atoms with van der Waals surface area (Å²) in [6, 6.07) is 7.23. The minimum atomic E-state index is -0.714. The Morgan fingerprint density at radius 1 is 1.12 bits per heavy atom. The quantitative estimate of drug-likeness (QED) is 0.777. The van der Waals surface area contributed by atoms with Gasteiger partial charge in [0.05, 0.1) is 12.8 Å². The number of benzene rings is 1. The van der Waals surface area contributed by atoms with E-state index in [-0.39, 0.29) is 11.8 Å². The van der Waals surface area contributed by atoms with Gasteiger partial charge in [0.15, 0.2) is 5.82 Å². The lowest BCUT2D eigenvalue weighted by molar-refractivity contribution is -0.119. The van der Waals surface area contributed by atoms with E-state index in [4.69, 9.17) is 0 Å². The Hall–Kier alpha value is -2.83. The molecule has 0 saturated heterocycles. The van der Waals surface area contributed by atoms with E-state index in [1.54, 1.807) is 6.07 Å². The molecule has 2 aromatic rings. The topological polar surface area (TPSA) is 96.1 Å². The van der Waals surface area contributed by atoms with Crippen LogP contribution in [0.25, 0.3) is 11.3 Å². The third-order valence-corrected chi connectivity index (χ3v) is 3.77. The Labute approximate surface area is 147 Å². The molecule has 134 valence electrons. The number of H-pyrrole nitrogens is 1. The van der Waals surface area contributed by atoms with Crippen molar-refractivity contribution in [1.82, 2.24) is 15.5 Å². The highest BCUT2D eigenvalue weighted by Gasteiger charge is 2.25. The maximum atomic E-state index is 12.4. The van der Waals surface area contributed by atoms with Crippen LogP contribution < -0.4 is 10.6 Å². The Balaban J connectivity index is 2.13. The summed E-state index contributed by atoms with van der Waals surface area (Å²) in [4.78, 5) is 23.8. The van der Waals surface area contributed by atoms with Crippen molar-refractivity contribution in [1.29, 1.82) is 0 Å². The summed E-state index contributed by atoms with van der Waals surface area (Å²) < 4.78 is 4.56. The number of ether oxygens (including phenoxy) is 1. The van der Waals surface area contributed by atoms with Crippen molar-refractivity contribution in [2.75, 3.05) is 12.4 Å². The summed E-state index contributed by atoms with van der Waals surface area (Å²) in [5.41, 5.74) is 4.11. The zero-order valence-corrected chi connectivity index (χ0v) is 15.1. The molecule has 0 radical (unpaired) electrons. The average Bonchev–Trinajstić information content (AvgIpc) is 2.99. The molecule has 2 amide bonds. The van der Waals surface area contributed by atoms with E-state index in [2.05, 4.69) is 31.6 Å². The van der Waals surface area contributed by atoms with Crippen molar-refractivity contribution in [2.45, 2.75) is 33.7 Å². The average molecular weight is 344 g/mol. The van der Waals surface area contributed by atoms with Crippen molar-refractivity contribution in [2.24, 2.45) is 5.92 Å². The van der Waals surface area contributed by atoms with Crippen LogP contribution in [0.5, 0.6) is 0 Å². The molecule has 0 aliphatic heterocycles. The van der Waals surface area contributed by atoms with Crippen LogP contribution >= 0.6 is 0 Å². The molecular weight excluding hydrogens is 320 g/mol. The number of carbonyl (C=O) groups excluding carboxylic acids is 2. The van der Waals surface area contributed by atoms with Gasteiger partial charge in [-0.05, 0) is 31.9 Å². The molecule has 0 saturated carbocycles. The molecule has 1 aromatic heterocycles. The van der Waals surface area contributed by atoms with E-state index in [9.17, 15) is 9.59 Å². The first-order chi connectivity index (χ1) is 11.8. The molecule has 1 heterocycles. The monoisotopic (exact) mass is 344 g/mol. The van der Waals surface area contributed by atoms with E-state index >= 15 is 0 Å². The molecule has 7 nitrogen and oxygen atoms in total. The summed E-state index contributed by atoms with van der Waals surface area (Å²) in [5, 5.41) is 12.3. The second-order valence-electron chi connectivity index (χ2n) is 6.39. The molecule has 3 N–H and O–H groups in total. The predicted octanol–water partition coefficient (Wildman–Crippen LogP) is 3.01. The van der Waals surface area contributed by atoms with E-state index in [1.807, 2.05) is 39.8 Å². The molecule has 0 aliphatic carbocycles. The van der Waals surface area contributed by atoms with E-state index in [0.717, 1.165) is 22.4 Å². The number of alkyl carbamates (subject to hydrolysis) is 1. The van der Waals surface area contributed by atoms with Crippen LogP contribution in [0.15, 0.2) is 24.3 Å². The van der Waals surface area contributed by atoms with Gasteiger partial charge >= 0.3 is 6.09 Å². The highest BCUT2D eigenvalue weighted by molar-refractivity contribution is 5.96. The number of rotatable bonds is 5. The molecule has 0 fully saturated rings. The van der Waals surface area contributed by atoms with Crippen LogP contribution in [0, 0.1) is 19.8 Å². The van der Waals surface area contributed by atoms with Crippen LogP contribution in [0.4, 0.5) is 10.6 Å². The molecule has 0 unspecified atom stereocenters. The zero-order valence-electron chi connectivity index (χ0n) is 15.1. The van der Waals surface area contributed by atoms with Gasteiger partial charge in [-0.15, -0.1) is 0 Å². The Morgan fingerprint density at radius 2 is 1.76 bits per heavy atom. The number of amides is 2. The third-order valence-electron chi connectivity index (χ3n) is 3.77. The second kappa shape index (κ2) is 7.83. The van der Waals surface area contributed by atoms with E-state index in [0.29, 0.717) is 5.82 Å². The second-order valence-corrected chi connectivity index (χ2v) is 6.39. The molecular formula is C18H24N4O3. The molecule has 7 heteroatoms. The van der Waals surface area contributed by atoms with Gasteiger partial charge in [-0.2, -0.15) is 5.10 Å². The SMILES string of the molecule is COC(=O)N[C@@H](C(=O)Nc1cc(-c2cc(C)cc(C)c2)[nH]n1)C(C)C. The molecule has 0 aliphatic rings. The predicted molar refractivity (Wildman–Crippen MR) is 96.3 cm³/mol. The molecule has 25 heavy (non-hydrogen) atoms. The number of aryl methyl sites for hydroxylation is 2. The Morgan fingerprint density at radius 3 is 2.32 bits per heavy atom. The summed E-state index contributed by atoms with van der Waals surface area (Å²) in [7, 11) is 1.26. The minimum Gasteiger partial charge on any atom is -0.453 e. The van der Waals surface area contributed by atoms with Crippen molar-refractivity contribution in [3.8, 4) is 11.3 Å². The third kappa shape index (κ3) is 4.82.